The highest BCUT2D eigenvalue weighted by Crippen LogP contribution is 2.43. The standard InChI is InChI=1S/C18H24N2O3S/c1-13(2)24(21,22)20-10-8-18(9-11-20)17-15(7-12-23-18)14-5-3-4-6-16(14)19-17/h3-6,13,19H,7-12H2,1-2H3. The molecule has 0 bridgehead atoms. The number of aromatic nitrogens is 1. The molecule has 1 N–H and O–H groups in total. The Hall–Kier alpha value is -1.37. The Morgan fingerprint density at radius 3 is 2.62 bits per heavy atom. The van der Waals surface area contributed by atoms with Crippen molar-refractivity contribution >= 4 is 20.9 Å². The summed E-state index contributed by atoms with van der Waals surface area (Å²) in [6.07, 6.45) is 2.33. The summed E-state index contributed by atoms with van der Waals surface area (Å²) in [7, 11) is -3.19. The molecule has 1 aromatic heterocycles. The predicted molar refractivity (Wildman–Crippen MR) is 94.5 cm³/mol. The van der Waals surface area contributed by atoms with Crippen molar-refractivity contribution in [3.8, 4) is 0 Å². The number of piperidine rings is 1. The number of nitrogens with one attached hydrogen (secondary N) is 1. The summed E-state index contributed by atoms with van der Waals surface area (Å²) in [5, 5.41) is 0.898. The summed E-state index contributed by atoms with van der Waals surface area (Å²) in [5.41, 5.74) is 3.29. The lowest BCUT2D eigenvalue weighted by molar-refractivity contribution is -0.0915. The van der Waals surface area contributed by atoms with Crippen LogP contribution in [0.15, 0.2) is 24.3 Å². The molecule has 130 valence electrons. The lowest BCUT2D eigenvalue weighted by Gasteiger charge is -2.43. The van der Waals surface area contributed by atoms with Crippen molar-refractivity contribution in [3.05, 3.63) is 35.5 Å². The van der Waals surface area contributed by atoms with E-state index in [1.807, 2.05) is 6.07 Å². The molecule has 6 heteroatoms. The molecule has 1 fully saturated rings. The highest BCUT2D eigenvalue weighted by atomic mass is 32.2. The zero-order valence-electron chi connectivity index (χ0n) is 14.2. The summed E-state index contributed by atoms with van der Waals surface area (Å²) < 4.78 is 32.7. The number of benzene rings is 1. The first kappa shape index (κ1) is 16.1. The third-order valence-corrected chi connectivity index (χ3v) is 7.76. The minimum Gasteiger partial charge on any atom is -0.368 e. The van der Waals surface area contributed by atoms with Gasteiger partial charge in [-0.15, -0.1) is 0 Å². The van der Waals surface area contributed by atoms with Crippen LogP contribution in [0.5, 0.6) is 0 Å². The van der Waals surface area contributed by atoms with Gasteiger partial charge in [-0.2, -0.15) is 0 Å². The third-order valence-electron chi connectivity index (χ3n) is 5.49. The highest BCUT2D eigenvalue weighted by molar-refractivity contribution is 7.89. The zero-order valence-corrected chi connectivity index (χ0v) is 15.0. The Labute approximate surface area is 143 Å². The van der Waals surface area contributed by atoms with E-state index in [1.165, 1.54) is 10.9 Å². The number of rotatable bonds is 2. The molecule has 2 aliphatic heterocycles. The number of hydrogen-bond donors (Lipinski definition) is 1. The van der Waals surface area contributed by atoms with E-state index in [2.05, 4.69) is 23.2 Å². The molecule has 0 saturated carbocycles. The van der Waals surface area contributed by atoms with E-state index < -0.39 is 10.0 Å². The Morgan fingerprint density at radius 2 is 1.92 bits per heavy atom. The number of fused-ring (bicyclic) bond motifs is 4. The van der Waals surface area contributed by atoms with Gasteiger partial charge in [-0.3, -0.25) is 0 Å². The normalized spacial score (nSPS) is 21.5. The quantitative estimate of drug-likeness (QED) is 0.908. The minimum atomic E-state index is -3.19. The van der Waals surface area contributed by atoms with Gasteiger partial charge in [0.15, 0.2) is 0 Å². The monoisotopic (exact) mass is 348 g/mol. The zero-order chi connectivity index (χ0) is 16.9. The van der Waals surface area contributed by atoms with Crippen LogP contribution in [0, 0.1) is 0 Å². The van der Waals surface area contributed by atoms with Crippen molar-refractivity contribution in [2.24, 2.45) is 0 Å². The van der Waals surface area contributed by atoms with Gasteiger partial charge < -0.3 is 9.72 Å². The van der Waals surface area contributed by atoms with E-state index in [0.717, 1.165) is 17.6 Å². The lowest BCUT2D eigenvalue weighted by Crippen LogP contribution is -2.49. The van der Waals surface area contributed by atoms with Gasteiger partial charge in [0.2, 0.25) is 10.0 Å². The number of para-hydroxylation sites is 1. The first-order chi connectivity index (χ1) is 11.4. The van der Waals surface area contributed by atoms with Crippen LogP contribution in [0.4, 0.5) is 0 Å². The smallest absolute Gasteiger partial charge is 0.216 e. The van der Waals surface area contributed by atoms with Gasteiger partial charge in [-0.1, -0.05) is 18.2 Å². The molecule has 0 atom stereocenters. The number of sulfonamides is 1. The molecule has 0 amide bonds. The maximum Gasteiger partial charge on any atom is 0.216 e. The van der Waals surface area contributed by atoms with Gasteiger partial charge in [0, 0.05) is 24.0 Å². The van der Waals surface area contributed by atoms with E-state index in [4.69, 9.17) is 4.74 Å². The van der Waals surface area contributed by atoms with Crippen LogP contribution in [0.25, 0.3) is 10.9 Å². The SMILES string of the molecule is CC(C)S(=O)(=O)N1CCC2(CC1)OCCc1c2[nH]c2ccccc12. The molecule has 0 radical (unpaired) electrons. The number of ether oxygens (including phenoxy) is 1. The van der Waals surface area contributed by atoms with E-state index in [0.29, 0.717) is 32.5 Å². The lowest BCUT2D eigenvalue weighted by atomic mass is 9.84. The van der Waals surface area contributed by atoms with E-state index in [-0.39, 0.29) is 10.9 Å². The van der Waals surface area contributed by atoms with E-state index >= 15 is 0 Å². The molecule has 5 nitrogen and oxygen atoms in total. The summed E-state index contributed by atoms with van der Waals surface area (Å²) in [6, 6.07) is 8.35. The van der Waals surface area contributed by atoms with Crippen LogP contribution in [0.2, 0.25) is 0 Å². The summed E-state index contributed by atoms with van der Waals surface area (Å²) in [5.74, 6) is 0. The van der Waals surface area contributed by atoms with Crippen LogP contribution in [-0.2, 0) is 26.8 Å². The van der Waals surface area contributed by atoms with Gasteiger partial charge in [0.1, 0.15) is 5.60 Å². The maximum absolute atomic E-state index is 12.4. The predicted octanol–water partition coefficient (Wildman–Crippen LogP) is 2.77. The molecule has 1 aromatic carbocycles. The van der Waals surface area contributed by atoms with Crippen LogP contribution in [0.1, 0.15) is 37.9 Å². The summed E-state index contributed by atoms with van der Waals surface area (Å²) in [4.78, 5) is 3.56. The topological polar surface area (TPSA) is 62.4 Å². The van der Waals surface area contributed by atoms with Gasteiger partial charge in [-0.05, 0) is 44.7 Å². The Kier molecular flexibility index (Phi) is 3.74. The maximum atomic E-state index is 12.4. The summed E-state index contributed by atoms with van der Waals surface area (Å²) >= 11 is 0. The number of aromatic amines is 1. The third kappa shape index (κ3) is 2.31. The first-order valence-electron chi connectivity index (χ1n) is 8.67. The Balaban J connectivity index is 1.68. The van der Waals surface area contributed by atoms with Crippen LogP contribution in [-0.4, -0.2) is 42.7 Å². The van der Waals surface area contributed by atoms with Gasteiger partial charge in [0.25, 0.3) is 0 Å². The summed E-state index contributed by atoms with van der Waals surface area (Å²) in [6.45, 7) is 5.23. The molecule has 1 saturated heterocycles. The fraction of sp³-hybridized carbons (Fsp3) is 0.556. The molecule has 3 heterocycles. The molecule has 0 aliphatic carbocycles. The fourth-order valence-electron chi connectivity index (χ4n) is 4.06. The Morgan fingerprint density at radius 1 is 1.21 bits per heavy atom. The molecule has 2 aliphatic rings. The van der Waals surface area contributed by atoms with Crippen LogP contribution in [0.3, 0.4) is 0 Å². The van der Waals surface area contributed by atoms with E-state index in [9.17, 15) is 8.42 Å². The van der Waals surface area contributed by atoms with Crippen molar-refractivity contribution in [1.29, 1.82) is 0 Å². The number of H-pyrrole nitrogens is 1. The molecule has 0 unspecified atom stereocenters. The molecule has 1 spiro atoms. The van der Waals surface area contributed by atoms with Gasteiger partial charge in [-0.25, -0.2) is 12.7 Å². The van der Waals surface area contributed by atoms with E-state index in [1.54, 1.807) is 18.2 Å². The first-order valence-corrected chi connectivity index (χ1v) is 10.2. The van der Waals surface area contributed by atoms with Crippen molar-refractivity contribution < 1.29 is 13.2 Å². The average molecular weight is 348 g/mol. The number of nitrogens with zero attached hydrogens (tertiary/aromatic N) is 1. The second kappa shape index (κ2) is 5.58. The molecular formula is C18H24N2O3S. The highest BCUT2D eigenvalue weighted by Gasteiger charge is 2.44. The largest absolute Gasteiger partial charge is 0.368 e. The van der Waals surface area contributed by atoms with Crippen molar-refractivity contribution in [1.82, 2.24) is 9.29 Å². The number of hydrogen-bond acceptors (Lipinski definition) is 3. The van der Waals surface area contributed by atoms with Crippen LogP contribution < -0.4 is 0 Å². The average Bonchev–Trinajstić information content (AvgIpc) is 2.96. The second-order valence-electron chi connectivity index (χ2n) is 7.11. The van der Waals surface area contributed by atoms with Crippen LogP contribution >= 0.6 is 0 Å². The fourth-order valence-corrected chi connectivity index (χ4v) is 5.35. The molecule has 2 aromatic rings. The van der Waals surface area contributed by atoms with Crippen molar-refractivity contribution in [2.75, 3.05) is 19.7 Å². The van der Waals surface area contributed by atoms with Crippen molar-refractivity contribution in [2.45, 2.75) is 44.0 Å². The van der Waals surface area contributed by atoms with Crippen molar-refractivity contribution in [3.63, 3.8) is 0 Å². The second-order valence-corrected chi connectivity index (χ2v) is 9.60. The molecule has 24 heavy (non-hydrogen) atoms. The molecular weight excluding hydrogens is 324 g/mol. The van der Waals surface area contributed by atoms with Gasteiger partial charge >= 0.3 is 0 Å². The molecule has 4 rings (SSSR count). The minimum absolute atomic E-state index is 0.365. The van der Waals surface area contributed by atoms with Gasteiger partial charge in [0.05, 0.1) is 17.6 Å². The Bertz CT molecular complexity index is 862.